The van der Waals surface area contributed by atoms with Crippen LogP contribution >= 0.6 is 0 Å². The van der Waals surface area contributed by atoms with E-state index in [1.54, 1.807) is 20.4 Å². The van der Waals surface area contributed by atoms with Crippen molar-refractivity contribution in [3.05, 3.63) is 53.9 Å². The van der Waals surface area contributed by atoms with E-state index in [1.165, 1.54) is 5.56 Å². The Morgan fingerprint density at radius 3 is 2.80 bits per heavy atom. The van der Waals surface area contributed by atoms with Crippen molar-refractivity contribution >= 4 is 0 Å². The van der Waals surface area contributed by atoms with Gasteiger partial charge in [0.15, 0.2) is 0 Å². The zero-order chi connectivity index (χ0) is 17.5. The van der Waals surface area contributed by atoms with Crippen molar-refractivity contribution in [1.82, 2.24) is 9.88 Å². The van der Waals surface area contributed by atoms with Gasteiger partial charge in [0.1, 0.15) is 11.5 Å². The van der Waals surface area contributed by atoms with Gasteiger partial charge in [-0.2, -0.15) is 0 Å². The first-order chi connectivity index (χ1) is 12.3. The Kier molecular flexibility index (Phi) is 6.25. The highest BCUT2D eigenvalue weighted by Gasteiger charge is 2.20. The summed E-state index contributed by atoms with van der Waals surface area (Å²) < 4.78 is 16.7. The quantitative estimate of drug-likeness (QED) is 0.737. The van der Waals surface area contributed by atoms with E-state index in [9.17, 15) is 0 Å². The molecule has 0 aliphatic carbocycles. The number of aromatic nitrogens is 1. The lowest BCUT2D eigenvalue weighted by Crippen LogP contribution is -2.31. The summed E-state index contributed by atoms with van der Waals surface area (Å²) in [5.41, 5.74) is 2.35. The molecule has 25 heavy (non-hydrogen) atoms. The minimum Gasteiger partial charge on any atom is -0.497 e. The van der Waals surface area contributed by atoms with Gasteiger partial charge in [-0.15, -0.1) is 0 Å². The zero-order valence-electron chi connectivity index (χ0n) is 15.0. The van der Waals surface area contributed by atoms with Gasteiger partial charge in [-0.05, 0) is 30.5 Å². The highest BCUT2D eigenvalue weighted by Crippen LogP contribution is 2.27. The summed E-state index contributed by atoms with van der Waals surface area (Å²) in [4.78, 5) is 6.63. The minimum atomic E-state index is 0.306. The molecule has 5 nitrogen and oxygen atoms in total. The molecular formula is C20H26N2O3. The molecule has 1 aliphatic rings. The Bertz CT molecular complexity index is 657. The molecule has 0 bridgehead atoms. The van der Waals surface area contributed by atoms with Gasteiger partial charge >= 0.3 is 0 Å². The molecule has 0 radical (unpaired) electrons. The average Bonchev–Trinajstić information content (AvgIpc) is 3.16. The van der Waals surface area contributed by atoms with Gasteiger partial charge in [-0.3, -0.25) is 9.88 Å². The second kappa shape index (κ2) is 8.83. The van der Waals surface area contributed by atoms with E-state index in [-0.39, 0.29) is 0 Å². The number of hydrogen-bond donors (Lipinski definition) is 0. The highest BCUT2D eigenvalue weighted by molar-refractivity contribution is 5.40. The van der Waals surface area contributed by atoms with Crippen molar-refractivity contribution in [2.75, 3.05) is 27.4 Å². The molecule has 0 unspecified atom stereocenters. The molecule has 1 aromatic heterocycles. The SMILES string of the molecule is COc1ccc(CN(Cc2cccnc2)C[C@@H]2CCCO2)c(OC)c1. The van der Waals surface area contributed by atoms with Gasteiger partial charge in [-0.1, -0.05) is 12.1 Å². The van der Waals surface area contributed by atoms with E-state index in [4.69, 9.17) is 14.2 Å². The molecule has 0 amide bonds. The average molecular weight is 342 g/mol. The van der Waals surface area contributed by atoms with Crippen molar-refractivity contribution in [3.63, 3.8) is 0 Å². The van der Waals surface area contributed by atoms with Crippen LogP contribution in [0.25, 0.3) is 0 Å². The van der Waals surface area contributed by atoms with Crippen LogP contribution in [0.2, 0.25) is 0 Å². The van der Waals surface area contributed by atoms with Gasteiger partial charge < -0.3 is 14.2 Å². The van der Waals surface area contributed by atoms with Crippen LogP contribution in [0.1, 0.15) is 24.0 Å². The van der Waals surface area contributed by atoms with Crippen LogP contribution in [-0.2, 0) is 17.8 Å². The summed E-state index contributed by atoms with van der Waals surface area (Å²) in [5.74, 6) is 1.65. The molecule has 2 aromatic rings. The molecule has 2 heterocycles. The topological polar surface area (TPSA) is 43.8 Å². The van der Waals surface area contributed by atoms with Crippen LogP contribution in [0.3, 0.4) is 0 Å². The van der Waals surface area contributed by atoms with Crippen molar-refractivity contribution in [1.29, 1.82) is 0 Å². The first-order valence-electron chi connectivity index (χ1n) is 8.72. The number of nitrogens with zero attached hydrogens (tertiary/aromatic N) is 2. The van der Waals surface area contributed by atoms with E-state index in [0.717, 1.165) is 56.1 Å². The summed E-state index contributed by atoms with van der Waals surface area (Å²) >= 11 is 0. The fourth-order valence-corrected chi connectivity index (χ4v) is 3.23. The molecule has 5 heteroatoms. The van der Waals surface area contributed by atoms with Gasteiger partial charge in [-0.25, -0.2) is 0 Å². The number of pyridine rings is 1. The third kappa shape index (κ3) is 4.94. The molecule has 1 fully saturated rings. The molecular weight excluding hydrogens is 316 g/mol. The van der Waals surface area contributed by atoms with Gasteiger partial charge in [0.25, 0.3) is 0 Å². The lowest BCUT2D eigenvalue weighted by atomic mass is 10.1. The molecule has 1 atom stereocenters. The van der Waals surface area contributed by atoms with Crippen LogP contribution in [-0.4, -0.2) is 43.4 Å². The molecule has 134 valence electrons. The molecule has 0 spiro atoms. The lowest BCUT2D eigenvalue weighted by molar-refractivity contribution is 0.0676. The summed E-state index contributed by atoms with van der Waals surface area (Å²) in [5, 5.41) is 0. The fraction of sp³-hybridized carbons (Fsp3) is 0.450. The van der Waals surface area contributed by atoms with E-state index in [1.807, 2.05) is 24.4 Å². The minimum absolute atomic E-state index is 0.306. The smallest absolute Gasteiger partial charge is 0.127 e. The maximum Gasteiger partial charge on any atom is 0.127 e. The molecule has 1 saturated heterocycles. The van der Waals surface area contributed by atoms with Crippen LogP contribution in [0.15, 0.2) is 42.7 Å². The number of hydrogen-bond acceptors (Lipinski definition) is 5. The molecule has 1 aromatic carbocycles. The standard InChI is InChI=1S/C20H26N2O3/c1-23-18-8-7-17(20(11-18)24-2)14-22(15-19-6-4-10-25-19)13-16-5-3-9-21-12-16/h3,5,7-9,11-12,19H,4,6,10,13-15H2,1-2H3/t19-/m0/s1. The van der Waals surface area contributed by atoms with E-state index >= 15 is 0 Å². The Balaban J connectivity index is 1.76. The Morgan fingerprint density at radius 2 is 2.12 bits per heavy atom. The summed E-state index contributed by atoms with van der Waals surface area (Å²) in [7, 11) is 3.37. The number of methoxy groups -OCH3 is 2. The van der Waals surface area contributed by atoms with Crippen LogP contribution in [0.4, 0.5) is 0 Å². The first-order valence-corrected chi connectivity index (χ1v) is 8.72. The Hall–Kier alpha value is -2.11. The van der Waals surface area contributed by atoms with Crippen LogP contribution in [0.5, 0.6) is 11.5 Å². The van der Waals surface area contributed by atoms with Gasteiger partial charge in [0, 0.05) is 50.3 Å². The predicted molar refractivity (Wildman–Crippen MR) is 96.9 cm³/mol. The number of benzene rings is 1. The highest BCUT2D eigenvalue weighted by atomic mass is 16.5. The monoisotopic (exact) mass is 342 g/mol. The summed E-state index contributed by atoms with van der Waals surface area (Å²) in [6.45, 7) is 3.41. The molecule has 1 aliphatic heterocycles. The molecule has 0 N–H and O–H groups in total. The lowest BCUT2D eigenvalue weighted by Gasteiger charge is -2.26. The maximum atomic E-state index is 5.84. The second-order valence-electron chi connectivity index (χ2n) is 6.34. The first kappa shape index (κ1) is 17.7. The van der Waals surface area contributed by atoms with Crippen molar-refractivity contribution in [2.24, 2.45) is 0 Å². The van der Waals surface area contributed by atoms with Crippen LogP contribution < -0.4 is 9.47 Å². The normalized spacial score (nSPS) is 17.0. The van der Waals surface area contributed by atoms with E-state index in [2.05, 4.69) is 22.0 Å². The van der Waals surface area contributed by atoms with Gasteiger partial charge in [0.2, 0.25) is 0 Å². The third-order valence-electron chi connectivity index (χ3n) is 4.50. The maximum absolute atomic E-state index is 5.84. The van der Waals surface area contributed by atoms with E-state index < -0.39 is 0 Å². The number of ether oxygens (including phenoxy) is 3. The zero-order valence-corrected chi connectivity index (χ0v) is 15.0. The third-order valence-corrected chi connectivity index (χ3v) is 4.50. The van der Waals surface area contributed by atoms with E-state index in [0.29, 0.717) is 6.10 Å². The summed E-state index contributed by atoms with van der Waals surface area (Å²) in [6.07, 6.45) is 6.32. The predicted octanol–water partition coefficient (Wildman–Crippen LogP) is 3.28. The van der Waals surface area contributed by atoms with Crippen molar-refractivity contribution < 1.29 is 14.2 Å². The van der Waals surface area contributed by atoms with Crippen molar-refractivity contribution in [3.8, 4) is 11.5 Å². The summed E-state index contributed by atoms with van der Waals surface area (Å²) in [6, 6.07) is 10.1. The fourth-order valence-electron chi connectivity index (χ4n) is 3.23. The molecule has 3 rings (SSSR count). The van der Waals surface area contributed by atoms with Crippen LogP contribution in [0, 0.1) is 0 Å². The molecule has 0 saturated carbocycles. The Labute approximate surface area is 149 Å². The second-order valence-corrected chi connectivity index (χ2v) is 6.34. The Morgan fingerprint density at radius 1 is 1.20 bits per heavy atom. The number of rotatable bonds is 8. The van der Waals surface area contributed by atoms with Gasteiger partial charge in [0.05, 0.1) is 20.3 Å². The largest absolute Gasteiger partial charge is 0.497 e. The van der Waals surface area contributed by atoms with Crippen molar-refractivity contribution in [2.45, 2.75) is 32.0 Å².